The van der Waals surface area contributed by atoms with E-state index in [2.05, 4.69) is 4.74 Å². The molecule has 0 aliphatic carbocycles. The van der Waals surface area contributed by atoms with E-state index in [0.717, 1.165) is 19.3 Å². The predicted molar refractivity (Wildman–Crippen MR) is 48.4 cm³/mol. The first-order chi connectivity index (χ1) is 6.31. The average Bonchev–Trinajstić information content (AvgIpc) is 2.16. The molecular weight excluding hydrogens is 172 g/mol. The second-order valence-electron chi connectivity index (χ2n) is 2.72. The molecule has 0 amide bonds. The van der Waals surface area contributed by atoms with Gasteiger partial charge in [0.05, 0.1) is 20.3 Å². The van der Waals surface area contributed by atoms with Crippen LogP contribution in [-0.2, 0) is 14.3 Å². The number of esters is 1. The summed E-state index contributed by atoms with van der Waals surface area (Å²) in [6, 6.07) is 0. The Labute approximate surface area is 78.8 Å². The highest BCUT2D eigenvalue weighted by Gasteiger charge is 1.98. The van der Waals surface area contributed by atoms with Gasteiger partial charge in [-0.3, -0.25) is 4.79 Å². The van der Waals surface area contributed by atoms with Crippen molar-refractivity contribution in [3.8, 4) is 0 Å². The minimum Gasteiger partial charge on any atom is -0.469 e. The molecule has 0 saturated heterocycles. The Kier molecular flexibility index (Phi) is 9.03. The van der Waals surface area contributed by atoms with E-state index >= 15 is 0 Å². The van der Waals surface area contributed by atoms with Crippen LogP contribution in [0.3, 0.4) is 0 Å². The summed E-state index contributed by atoms with van der Waals surface area (Å²) in [5.41, 5.74) is 0. The lowest BCUT2D eigenvalue weighted by atomic mass is 10.2. The number of aliphatic hydroxyl groups is 1. The molecule has 0 aromatic rings. The zero-order valence-electron chi connectivity index (χ0n) is 8.12. The van der Waals surface area contributed by atoms with Gasteiger partial charge < -0.3 is 14.6 Å². The first-order valence-corrected chi connectivity index (χ1v) is 4.56. The standard InChI is InChI=1S/C9H18O4/c1-12-9(11)5-3-2-4-7-13-8-6-10/h10H,2-8H2,1H3. The molecule has 0 spiro atoms. The molecule has 1 N–H and O–H groups in total. The Balaban J connectivity index is 2.95. The minimum atomic E-state index is -0.156. The highest BCUT2D eigenvalue weighted by atomic mass is 16.5. The Hall–Kier alpha value is -0.610. The Morgan fingerprint density at radius 1 is 1.23 bits per heavy atom. The zero-order valence-corrected chi connectivity index (χ0v) is 8.12. The number of unbranched alkanes of at least 4 members (excludes halogenated alkanes) is 2. The van der Waals surface area contributed by atoms with E-state index < -0.39 is 0 Å². The van der Waals surface area contributed by atoms with Gasteiger partial charge in [0, 0.05) is 13.0 Å². The van der Waals surface area contributed by atoms with E-state index in [9.17, 15) is 4.79 Å². The first kappa shape index (κ1) is 12.4. The van der Waals surface area contributed by atoms with Crippen molar-refractivity contribution in [2.24, 2.45) is 0 Å². The summed E-state index contributed by atoms with van der Waals surface area (Å²) < 4.78 is 9.54. The molecule has 0 unspecified atom stereocenters. The van der Waals surface area contributed by atoms with Crippen molar-refractivity contribution in [3.05, 3.63) is 0 Å². The van der Waals surface area contributed by atoms with E-state index in [1.54, 1.807) is 0 Å². The monoisotopic (exact) mass is 190 g/mol. The SMILES string of the molecule is COC(=O)CCCCCOCCO. The summed E-state index contributed by atoms with van der Waals surface area (Å²) in [4.78, 5) is 10.7. The van der Waals surface area contributed by atoms with Crippen molar-refractivity contribution < 1.29 is 19.4 Å². The lowest BCUT2D eigenvalue weighted by Crippen LogP contribution is -2.02. The van der Waals surface area contributed by atoms with Gasteiger partial charge in [0.2, 0.25) is 0 Å². The van der Waals surface area contributed by atoms with Gasteiger partial charge in [-0.1, -0.05) is 6.42 Å². The van der Waals surface area contributed by atoms with Gasteiger partial charge in [0.25, 0.3) is 0 Å². The molecule has 13 heavy (non-hydrogen) atoms. The largest absolute Gasteiger partial charge is 0.469 e. The fourth-order valence-electron chi connectivity index (χ4n) is 0.919. The molecule has 0 radical (unpaired) electrons. The minimum absolute atomic E-state index is 0.0716. The average molecular weight is 190 g/mol. The molecule has 78 valence electrons. The number of hydrogen-bond acceptors (Lipinski definition) is 4. The van der Waals surface area contributed by atoms with Crippen LogP contribution in [0.25, 0.3) is 0 Å². The molecule has 0 fully saturated rings. The van der Waals surface area contributed by atoms with E-state index in [1.807, 2.05) is 0 Å². The summed E-state index contributed by atoms with van der Waals surface area (Å²) in [7, 11) is 1.40. The van der Waals surface area contributed by atoms with Crippen LogP contribution in [0, 0.1) is 0 Å². The van der Waals surface area contributed by atoms with Crippen LogP contribution < -0.4 is 0 Å². The third kappa shape index (κ3) is 9.30. The maximum atomic E-state index is 10.7. The van der Waals surface area contributed by atoms with Crippen molar-refractivity contribution in [2.45, 2.75) is 25.7 Å². The topological polar surface area (TPSA) is 55.8 Å². The van der Waals surface area contributed by atoms with Crippen LogP contribution in [0.15, 0.2) is 0 Å². The van der Waals surface area contributed by atoms with E-state index in [1.165, 1.54) is 7.11 Å². The fourth-order valence-corrected chi connectivity index (χ4v) is 0.919. The molecule has 0 aliphatic rings. The Morgan fingerprint density at radius 2 is 2.00 bits per heavy atom. The third-order valence-corrected chi connectivity index (χ3v) is 1.63. The molecule has 0 aromatic heterocycles. The van der Waals surface area contributed by atoms with E-state index in [4.69, 9.17) is 9.84 Å². The fraction of sp³-hybridized carbons (Fsp3) is 0.889. The second kappa shape index (κ2) is 9.48. The van der Waals surface area contributed by atoms with Crippen LogP contribution in [0.5, 0.6) is 0 Å². The Morgan fingerprint density at radius 3 is 2.62 bits per heavy atom. The van der Waals surface area contributed by atoms with Crippen molar-refractivity contribution in [1.82, 2.24) is 0 Å². The van der Waals surface area contributed by atoms with Crippen LogP contribution in [0.2, 0.25) is 0 Å². The maximum Gasteiger partial charge on any atom is 0.305 e. The summed E-state index contributed by atoms with van der Waals surface area (Å²) in [5.74, 6) is -0.156. The van der Waals surface area contributed by atoms with Gasteiger partial charge in [-0.25, -0.2) is 0 Å². The molecule has 0 atom stereocenters. The lowest BCUT2D eigenvalue weighted by Gasteiger charge is -2.01. The molecule has 4 nitrogen and oxygen atoms in total. The molecule has 0 bridgehead atoms. The quantitative estimate of drug-likeness (QED) is 0.453. The normalized spacial score (nSPS) is 10.0. The highest BCUT2D eigenvalue weighted by Crippen LogP contribution is 2.00. The van der Waals surface area contributed by atoms with E-state index in [0.29, 0.717) is 19.6 Å². The molecule has 0 aromatic carbocycles. The molecule has 0 rings (SSSR count). The predicted octanol–water partition coefficient (Wildman–Crippen LogP) is 0.729. The van der Waals surface area contributed by atoms with Crippen molar-refractivity contribution in [1.29, 1.82) is 0 Å². The van der Waals surface area contributed by atoms with Gasteiger partial charge in [-0.05, 0) is 12.8 Å². The first-order valence-electron chi connectivity index (χ1n) is 4.56. The number of carbonyl (C=O) groups is 1. The van der Waals surface area contributed by atoms with Crippen LogP contribution in [-0.4, -0.2) is 38.0 Å². The number of ether oxygens (including phenoxy) is 2. The van der Waals surface area contributed by atoms with Gasteiger partial charge in [-0.15, -0.1) is 0 Å². The van der Waals surface area contributed by atoms with Crippen molar-refractivity contribution in [3.63, 3.8) is 0 Å². The third-order valence-electron chi connectivity index (χ3n) is 1.63. The zero-order chi connectivity index (χ0) is 9.94. The smallest absolute Gasteiger partial charge is 0.305 e. The number of carbonyl (C=O) groups excluding carboxylic acids is 1. The lowest BCUT2D eigenvalue weighted by molar-refractivity contribution is -0.140. The molecule has 0 heterocycles. The van der Waals surface area contributed by atoms with Crippen molar-refractivity contribution in [2.75, 3.05) is 26.9 Å². The maximum absolute atomic E-state index is 10.7. The number of hydrogen-bond donors (Lipinski definition) is 1. The summed E-state index contributed by atoms with van der Waals surface area (Å²) >= 11 is 0. The summed E-state index contributed by atoms with van der Waals surface area (Å²) in [6.45, 7) is 1.13. The highest BCUT2D eigenvalue weighted by molar-refractivity contribution is 5.68. The summed E-state index contributed by atoms with van der Waals surface area (Å²) in [6.07, 6.45) is 3.21. The number of aliphatic hydroxyl groups excluding tert-OH is 1. The van der Waals surface area contributed by atoms with E-state index in [-0.39, 0.29) is 12.6 Å². The van der Waals surface area contributed by atoms with Gasteiger partial charge >= 0.3 is 5.97 Å². The number of rotatable bonds is 8. The molecular formula is C9H18O4. The molecule has 4 heteroatoms. The molecule has 0 aliphatic heterocycles. The summed E-state index contributed by atoms with van der Waals surface area (Å²) in [5, 5.41) is 8.39. The van der Waals surface area contributed by atoms with Gasteiger partial charge in [0.15, 0.2) is 0 Å². The Bertz CT molecular complexity index is 125. The second-order valence-corrected chi connectivity index (χ2v) is 2.72. The van der Waals surface area contributed by atoms with Gasteiger partial charge in [-0.2, -0.15) is 0 Å². The van der Waals surface area contributed by atoms with Gasteiger partial charge in [0.1, 0.15) is 0 Å². The molecule has 0 saturated carbocycles. The van der Waals surface area contributed by atoms with Crippen LogP contribution >= 0.6 is 0 Å². The number of methoxy groups -OCH3 is 1. The van der Waals surface area contributed by atoms with Crippen molar-refractivity contribution >= 4 is 5.97 Å². The van der Waals surface area contributed by atoms with Crippen LogP contribution in [0.1, 0.15) is 25.7 Å². The van der Waals surface area contributed by atoms with Crippen LogP contribution in [0.4, 0.5) is 0 Å².